The highest BCUT2D eigenvalue weighted by Gasteiger charge is 2.37. The second-order valence-corrected chi connectivity index (χ2v) is 6.06. The van der Waals surface area contributed by atoms with E-state index >= 15 is 0 Å². The zero-order valence-corrected chi connectivity index (χ0v) is 14.6. The lowest BCUT2D eigenvalue weighted by Crippen LogP contribution is -2.52. The molecule has 3 rings (SSSR count). The van der Waals surface area contributed by atoms with E-state index in [1.54, 1.807) is 12.3 Å². The summed E-state index contributed by atoms with van der Waals surface area (Å²) in [5, 5.41) is 0. The largest absolute Gasteiger partial charge is 0.467 e. The Bertz CT molecular complexity index is 864. The highest BCUT2D eigenvalue weighted by molar-refractivity contribution is 6.30. The van der Waals surface area contributed by atoms with Crippen molar-refractivity contribution in [2.75, 3.05) is 14.1 Å². The van der Waals surface area contributed by atoms with Crippen molar-refractivity contribution < 1.29 is 18.8 Å². The number of carbonyl (C=O) groups excluding carboxylic acids is 3. The molecule has 130 valence electrons. The molecule has 1 fully saturated rings. The van der Waals surface area contributed by atoms with E-state index in [0.717, 1.165) is 32.5 Å². The molecule has 2 aromatic heterocycles. The van der Waals surface area contributed by atoms with Crippen LogP contribution in [0, 0.1) is 13.8 Å². The van der Waals surface area contributed by atoms with Gasteiger partial charge in [0.25, 0.3) is 11.8 Å². The first-order chi connectivity index (χ1) is 11.8. The second kappa shape index (κ2) is 6.08. The summed E-state index contributed by atoms with van der Waals surface area (Å²) in [6.07, 6.45) is 3.17. The highest BCUT2D eigenvalue weighted by atomic mass is 16.3. The summed E-state index contributed by atoms with van der Waals surface area (Å²) in [4.78, 5) is 38.3. The molecule has 0 aromatic carbocycles. The van der Waals surface area contributed by atoms with E-state index in [9.17, 15) is 14.4 Å². The predicted octanol–water partition coefficient (Wildman–Crippen LogP) is 2.18. The maximum absolute atomic E-state index is 12.3. The monoisotopic (exact) mass is 341 g/mol. The first-order valence-electron chi connectivity index (χ1n) is 7.82. The van der Waals surface area contributed by atoms with Crippen LogP contribution in [0.4, 0.5) is 4.79 Å². The number of amides is 4. The molecule has 0 spiro atoms. The van der Waals surface area contributed by atoms with Crippen LogP contribution >= 0.6 is 0 Å². The number of aromatic nitrogens is 1. The zero-order valence-electron chi connectivity index (χ0n) is 14.6. The molecule has 0 unspecified atom stereocenters. The molecule has 0 aliphatic carbocycles. The van der Waals surface area contributed by atoms with Crippen LogP contribution in [0.3, 0.4) is 0 Å². The normalized spacial score (nSPS) is 15.4. The van der Waals surface area contributed by atoms with Crippen LogP contribution in [-0.2, 0) is 16.1 Å². The van der Waals surface area contributed by atoms with Crippen molar-refractivity contribution >= 4 is 23.9 Å². The third-order valence-electron chi connectivity index (χ3n) is 4.45. The van der Waals surface area contributed by atoms with Gasteiger partial charge in [-0.3, -0.25) is 19.4 Å². The lowest BCUT2D eigenvalue weighted by Gasteiger charge is -2.28. The number of hydrogen-bond acceptors (Lipinski definition) is 4. The molecular formula is C18H19N3O4. The second-order valence-electron chi connectivity index (χ2n) is 6.06. The summed E-state index contributed by atoms with van der Waals surface area (Å²) in [5.74, 6) is -0.372. The van der Waals surface area contributed by atoms with E-state index < -0.39 is 17.8 Å². The van der Waals surface area contributed by atoms with E-state index in [4.69, 9.17) is 4.42 Å². The van der Waals surface area contributed by atoms with E-state index in [0.29, 0.717) is 6.54 Å². The average Bonchev–Trinajstić information content (AvgIpc) is 3.19. The Balaban J connectivity index is 1.99. The molecule has 1 aliphatic heterocycles. The summed E-state index contributed by atoms with van der Waals surface area (Å²) >= 11 is 0. The van der Waals surface area contributed by atoms with Crippen molar-refractivity contribution in [1.82, 2.24) is 14.4 Å². The molecule has 7 heteroatoms. The number of barbiturate groups is 1. The first-order valence-corrected chi connectivity index (χ1v) is 7.82. The molecule has 3 heterocycles. The van der Waals surface area contributed by atoms with Gasteiger partial charge in [-0.05, 0) is 43.7 Å². The quantitative estimate of drug-likeness (QED) is 0.633. The third-order valence-corrected chi connectivity index (χ3v) is 4.45. The molecular weight excluding hydrogens is 322 g/mol. The molecule has 25 heavy (non-hydrogen) atoms. The summed E-state index contributed by atoms with van der Waals surface area (Å²) in [6, 6.07) is 4.99. The fraction of sp³-hybridized carbons (Fsp3) is 0.278. The first kappa shape index (κ1) is 16.8. The van der Waals surface area contributed by atoms with Gasteiger partial charge in [-0.15, -0.1) is 0 Å². The van der Waals surface area contributed by atoms with Gasteiger partial charge in [0.2, 0.25) is 0 Å². The van der Waals surface area contributed by atoms with Crippen LogP contribution in [0.1, 0.15) is 22.7 Å². The van der Waals surface area contributed by atoms with Crippen molar-refractivity contribution in [2.45, 2.75) is 20.4 Å². The predicted molar refractivity (Wildman–Crippen MR) is 90.6 cm³/mol. The lowest BCUT2D eigenvalue weighted by molar-refractivity contribution is -0.134. The molecule has 2 aromatic rings. The summed E-state index contributed by atoms with van der Waals surface area (Å²) < 4.78 is 7.43. The van der Waals surface area contributed by atoms with Gasteiger partial charge in [-0.2, -0.15) is 0 Å². The highest BCUT2D eigenvalue weighted by Crippen LogP contribution is 2.23. The van der Waals surface area contributed by atoms with Crippen LogP contribution in [0.2, 0.25) is 0 Å². The van der Waals surface area contributed by atoms with Crippen LogP contribution in [0.15, 0.2) is 34.5 Å². The minimum absolute atomic E-state index is 0.0251. The Morgan fingerprint density at radius 2 is 1.72 bits per heavy atom. The van der Waals surface area contributed by atoms with Crippen molar-refractivity contribution in [3.8, 4) is 0 Å². The number of hydrogen-bond donors (Lipinski definition) is 0. The zero-order chi connectivity index (χ0) is 18.3. The number of nitrogens with zero attached hydrogens (tertiary/aromatic N) is 3. The van der Waals surface area contributed by atoms with Crippen LogP contribution in [-0.4, -0.2) is 46.3 Å². The van der Waals surface area contributed by atoms with Crippen LogP contribution in [0.5, 0.6) is 0 Å². The van der Waals surface area contributed by atoms with Gasteiger partial charge in [-0.25, -0.2) is 4.79 Å². The summed E-state index contributed by atoms with van der Waals surface area (Å²) in [6.45, 7) is 4.43. The van der Waals surface area contributed by atoms with Crippen molar-refractivity contribution in [3.63, 3.8) is 0 Å². The maximum atomic E-state index is 12.3. The molecule has 0 saturated carbocycles. The number of furan rings is 1. The number of urea groups is 1. The molecule has 0 bridgehead atoms. The van der Waals surface area contributed by atoms with Crippen LogP contribution < -0.4 is 0 Å². The molecule has 0 atom stereocenters. The Morgan fingerprint density at radius 3 is 2.28 bits per heavy atom. The number of imide groups is 2. The van der Waals surface area contributed by atoms with Crippen LogP contribution in [0.25, 0.3) is 6.08 Å². The van der Waals surface area contributed by atoms with E-state index in [1.165, 1.54) is 14.1 Å². The number of carbonyl (C=O) groups is 3. The number of aryl methyl sites for hydroxylation is 1. The average molecular weight is 341 g/mol. The van der Waals surface area contributed by atoms with Gasteiger partial charge in [0, 0.05) is 25.5 Å². The molecule has 0 radical (unpaired) electrons. The van der Waals surface area contributed by atoms with Gasteiger partial charge < -0.3 is 8.98 Å². The van der Waals surface area contributed by atoms with Gasteiger partial charge >= 0.3 is 6.03 Å². The van der Waals surface area contributed by atoms with Gasteiger partial charge in [0.05, 0.1) is 12.8 Å². The third kappa shape index (κ3) is 2.77. The van der Waals surface area contributed by atoms with Crippen molar-refractivity contribution in [3.05, 3.63) is 52.7 Å². The van der Waals surface area contributed by atoms with E-state index in [2.05, 4.69) is 0 Å². The van der Waals surface area contributed by atoms with E-state index in [1.807, 2.05) is 36.6 Å². The maximum Gasteiger partial charge on any atom is 0.333 e. The molecule has 0 N–H and O–H groups in total. The summed E-state index contributed by atoms with van der Waals surface area (Å²) in [7, 11) is 2.73. The van der Waals surface area contributed by atoms with Crippen molar-refractivity contribution in [2.24, 2.45) is 0 Å². The fourth-order valence-electron chi connectivity index (χ4n) is 2.91. The van der Waals surface area contributed by atoms with E-state index in [-0.39, 0.29) is 5.57 Å². The minimum atomic E-state index is -0.629. The lowest BCUT2D eigenvalue weighted by atomic mass is 10.1. The Labute approximate surface area is 145 Å². The smallest absolute Gasteiger partial charge is 0.333 e. The SMILES string of the molecule is Cc1cc(C=C2C(=O)N(C)C(=O)N(C)C2=O)c(C)n1Cc1ccco1. The number of likely N-dealkylation sites (N-methyl/N-ethyl adjacent to an activating group) is 2. The minimum Gasteiger partial charge on any atom is -0.467 e. The van der Waals surface area contributed by atoms with Gasteiger partial charge in [0.1, 0.15) is 11.3 Å². The summed E-state index contributed by atoms with van der Waals surface area (Å²) in [5.41, 5.74) is 2.62. The molecule has 7 nitrogen and oxygen atoms in total. The Morgan fingerprint density at radius 1 is 1.08 bits per heavy atom. The Kier molecular flexibility index (Phi) is 4.08. The number of rotatable bonds is 3. The van der Waals surface area contributed by atoms with Gasteiger partial charge in [0.15, 0.2) is 0 Å². The van der Waals surface area contributed by atoms with Crippen molar-refractivity contribution in [1.29, 1.82) is 0 Å². The topological polar surface area (TPSA) is 75.8 Å². The van der Waals surface area contributed by atoms with Gasteiger partial charge in [-0.1, -0.05) is 0 Å². The standard InChI is InChI=1S/C18H19N3O4/c1-11-8-13(12(2)21(11)10-14-6-5-7-25-14)9-15-16(22)19(3)18(24)20(4)17(15)23/h5-9H,10H2,1-4H3. The molecule has 1 aliphatic rings. The molecule has 4 amide bonds. The fourth-order valence-corrected chi connectivity index (χ4v) is 2.91. The molecule has 1 saturated heterocycles. The Hall–Kier alpha value is -3.09.